The van der Waals surface area contributed by atoms with Crippen LogP contribution in [0.4, 0.5) is 0 Å². The standard InChI is InChI=1S/C18H19NO6/c1-2-13-12(18(21)22)9-15(25-13)17(20)19-10-11-5-3-6-14-16(11)24-8-4-7-23-14/h3,5-6,9H,2,4,7-8,10H2,1H3,(H,19,20)(H,21,22). The number of aryl methyl sites for hydroxylation is 1. The maximum absolute atomic E-state index is 12.3. The number of fused-ring (bicyclic) bond motifs is 1. The van der Waals surface area contributed by atoms with Crippen LogP contribution in [0.25, 0.3) is 0 Å². The van der Waals surface area contributed by atoms with Crippen LogP contribution in [0.1, 0.15) is 45.6 Å². The summed E-state index contributed by atoms with van der Waals surface area (Å²) in [7, 11) is 0. The zero-order valence-corrected chi connectivity index (χ0v) is 13.8. The second-order valence-corrected chi connectivity index (χ2v) is 5.58. The van der Waals surface area contributed by atoms with Crippen molar-refractivity contribution in [1.29, 1.82) is 0 Å². The minimum Gasteiger partial charge on any atom is -0.490 e. The van der Waals surface area contributed by atoms with Crippen LogP contribution in [0.5, 0.6) is 11.5 Å². The van der Waals surface area contributed by atoms with Crippen LogP contribution in [-0.4, -0.2) is 30.2 Å². The summed E-state index contributed by atoms with van der Waals surface area (Å²) in [5.74, 6) is -0.0479. The van der Waals surface area contributed by atoms with E-state index in [4.69, 9.17) is 19.0 Å². The molecule has 2 N–H and O–H groups in total. The second-order valence-electron chi connectivity index (χ2n) is 5.58. The Labute approximate surface area is 144 Å². The Morgan fingerprint density at radius 1 is 1.24 bits per heavy atom. The Morgan fingerprint density at radius 3 is 2.76 bits per heavy atom. The molecule has 1 aliphatic rings. The van der Waals surface area contributed by atoms with Gasteiger partial charge in [-0.25, -0.2) is 4.79 Å². The molecule has 132 valence electrons. The Morgan fingerprint density at radius 2 is 2.04 bits per heavy atom. The van der Waals surface area contributed by atoms with Crippen molar-refractivity contribution in [2.24, 2.45) is 0 Å². The summed E-state index contributed by atoms with van der Waals surface area (Å²) in [5.41, 5.74) is 0.798. The van der Waals surface area contributed by atoms with Gasteiger partial charge >= 0.3 is 5.97 Å². The van der Waals surface area contributed by atoms with E-state index in [1.54, 1.807) is 6.92 Å². The Balaban J connectivity index is 1.74. The molecule has 2 aromatic rings. The average Bonchev–Trinajstić information content (AvgIpc) is 2.91. The van der Waals surface area contributed by atoms with Crippen molar-refractivity contribution in [2.75, 3.05) is 13.2 Å². The number of rotatable bonds is 5. The fourth-order valence-electron chi connectivity index (χ4n) is 2.64. The van der Waals surface area contributed by atoms with Gasteiger partial charge in [-0.05, 0) is 6.07 Å². The first kappa shape index (κ1) is 16.9. The summed E-state index contributed by atoms with van der Waals surface area (Å²) < 4.78 is 16.7. The molecule has 7 nitrogen and oxygen atoms in total. The van der Waals surface area contributed by atoms with Crippen LogP contribution in [0.15, 0.2) is 28.7 Å². The third-order valence-corrected chi connectivity index (χ3v) is 3.88. The van der Waals surface area contributed by atoms with Gasteiger partial charge in [0.25, 0.3) is 5.91 Å². The van der Waals surface area contributed by atoms with Crippen molar-refractivity contribution in [3.05, 3.63) is 46.9 Å². The van der Waals surface area contributed by atoms with Crippen LogP contribution in [0.3, 0.4) is 0 Å². The average molecular weight is 345 g/mol. The molecule has 0 saturated heterocycles. The smallest absolute Gasteiger partial charge is 0.339 e. The van der Waals surface area contributed by atoms with Gasteiger partial charge in [-0.1, -0.05) is 19.1 Å². The van der Waals surface area contributed by atoms with Crippen LogP contribution in [0, 0.1) is 0 Å². The minimum atomic E-state index is -1.11. The molecule has 0 radical (unpaired) electrons. The molecule has 1 aromatic heterocycles. The molecule has 0 unspecified atom stereocenters. The normalized spacial score (nSPS) is 13.2. The molecule has 25 heavy (non-hydrogen) atoms. The van der Waals surface area contributed by atoms with E-state index in [9.17, 15) is 9.59 Å². The molecule has 0 bridgehead atoms. The first-order chi connectivity index (χ1) is 12.1. The van der Waals surface area contributed by atoms with E-state index in [0.717, 1.165) is 12.0 Å². The van der Waals surface area contributed by atoms with E-state index in [2.05, 4.69) is 5.32 Å². The monoisotopic (exact) mass is 345 g/mol. The fourth-order valence-corrected chi connectivity index (χ4v) is 2.64. The zero-order valence-electron chi connectivity index (χ0n) is 13.8. The number of hydrogen-bond donors (Lipinski definition) is 2. The van der Waals surface area contributed by atoms with Crippen molar-refractivity contribution >= 4 is 11.9 Å². The van der Waals surface area contributed by atoms with Crippen molar-refractivity contribution in [3.8, 4) is 11.5 Å². The van der Waals surface area contributed by atoms with Crippen LogP contribution >= 0.6 is 0 Å². The molecule has 0 spiro atoms. The largest absolute Gasteiger partial charge is 0.490 e. The minimum absolute atomic E-state index is 0.0120. The molecule has 1 amide bonds. The number of aromatic carboxylic acids is 1. The predicted octanol–water partition coefficient (Wildman–Crippen LogP) is 2.63. The Hall–Kier alpha value is -2.96. The zero-order chi connectivity index (χ0) is 17.8. The quantitative estimate of drug-likeness (QED) is 0.864. The van der Waals surface area contributed by atoms with Gasteiger partial charge in [-0.2, -0.15) is 0 Å². The Kier molecular flexibility index (Phi) is 4.92. The Bertz CT molecular complexity index is 795. The number of hydrogen-bond acceptors (Lipinski definition) is 5. The lowest BCUT2D eigenvalue weighted by Gasteiger charge is -2.12. The molecule has 0 aliphatic carbocycles. The molecule has 7 heteroatoms. The molecular formula is C18H19NO6. The number of nitrogens with one attached hydrogen (secondary N) is 1. The van der Waals surface area contributed by atoms with Gasteiger partial charge in [-0.3, -0.25) is 4.79 Å². The number of benzene rings is 1. The van der Waals surface area contributed by atoms with Gasteiger partial charge in [0.15, 0.2) is 17.3 Å². The first-order valence-electron chi connectivity index (χ1n) is 8.11. The molecule has 0 fully saturated rings. The van der Waals surface area contributed by atoms with Gasteiger partial charge in [0.1, 0.15) is 11.3 Å². The van der Waals surface area contributed by atoms with Crippen LogP contribution < -0.4 is 14.8 Å². The fraction of sp³-hybridized carbons (Fsp3) is 0.333. The van der Waals surface area contributed by atoms with E-state index in [-0.39, 0.29) is 23.6 Å². The maximum Gasteiger partial charge on any atom is 0.339 e. The topological polar surface area (TPSA) is 98.0 Å². The summed E-state index contributed by atoms with van der Waals surface area (Å²) in [6.07, 6.45) is 1.19. The van der Waals surface area contributed by atoms with Crippen molar-refractivity contribution < 1.29 is 28.6 Å². The third kappa shape index (κ3) is 3.60. The lowest BCUT2D eigenvalue weighted by Crippen LogP contribution is -2.22. The van der Waals surface area contributed by atoms with Crippen LogP contribution in [0.2, 0.25) is 0 Å². The summed E-state index contributed by atoms with van der Waals surface area (Å²) >= 11 is 0. The molecule has 2 heterocycles. The SMILES string of the molecule is CCc1oc(C(=O)NCc2cccc3c2OCCCO3)cc1C(=O)O. The van der Waals surface area contributed by atoms with Gasteiger partial charge in [0.2, 0.25) is 0 Å². The maximum atomic E-state index is 12.3. The summed E-state index contributed by atoms with van der Waals surface area (Å²) in [4.78, 5) is 23.5. The van der Waals surface area contributed by atoms with E-state index >= 15 is 0 Å². The molecule has 1 aromatic carbocycles. The highest BCUT2D eigenvalue weighted by atomic mass is 16.5. The van der Waals surface area contributed by atoms with Crippen molar-refractivity contribution in [1.82, 2.24) is 5.32 Å². The molecular weight excluding hydrogens is 326 g/mol. The summed E-state index contributed by atoms with van der Waals surface area (Å²) in [6.45, 7) is 3.13. The molecule has 0 atom stereocenters. The van der Waals surface area contributed by atoms with Crippen molar-refractivity contribution in [3.63, 3.8) is 0 Å². The number of carboxylic acids is 1. The van der Waals surface area contributed by atoms with E-state index in [1.807, 2.05) is 18.2 Å². The highest BCUT2D eigenvalue weighted by Crippen LogP contribution is 2.33. The van der Waals surface area contributed by atoms with E-state index < -0.39 is 11.9 Å². The lowest BCUT2D eigenvalue weighted by molar-refractivity contribution is 0.0694. The van der Waals surface area contributed by atoms with Gasteiger partial charge < -0.3 is 24.3 Å². The number of carboxylic acid groups (broad SMARTS) is 1. The second kappa shape index (κ2) is 7.29. The van der Waals surface area contributed by atoms with Gasteiger partial charge in [0, 0.05) is 31.0 Å². The number of para-hydroxylation sites is 1. The number of furan rings is 1. The van der Waals surface area contributed by atoms with Crippen LogP contribution in [-0.2, 0) is 13.0 Å². The number of carbonyl (C=O) groups excluding carboxylic acids is 1. The number of ether oxygens (including phenoxy) is 2. The van der Waals surface area contributed by atoms with E-state index in [1.165, 1.54) is 6.07 Å². The van der Waals surface area contributed by atoms with E-state index in [0.29, 0.717) is 31.1 Å². The molecule has 0 saturated carbocycles. The first-order valence-corrected chi connectivity index (χ1v) is 8.11. The highest BCUT2D eigenvalue weighted by Gasteiger charge is 2.21. The van der Waals surface area contributed by atoms with Gasteiger partial charge in [0.05, 0.1) is 13.2 Å². The summed E-state index contributed by atoms with van der Waals surface area (Å²) in [6, 6.07) is 6.75. The number of carbonyl (C=O) groups is 2. The highest BCUT2D eigenvalue weighted by molar-refractivity contribution is 5.96. The lowest BCUT2D eigenvalue weighted by atomic mass is 10.1. The third-order valence-electron chi connectivity index (χ3n) is 3.88. The molecule has 3 rings (SSSR count). The summed E-state index contributed by atoms with van der Waals surface area (Å²) in [5, 5.41) is 11.9. The molecule has 1 aliphatic heterocycles. The van der Waals surface area contributed by atoms with Crippen molar-refractivity contribution in [2.45, 2.75) is 26.3 Å². The number of amides is 1. The predicted molar refractivity (Wildman–Crippen MR) is 88.3 cm³/mol. The van der Waals surface area contributed by atoms with Gasteiger partial charge in [-0.15, -0.1) is 0 Å².